The Bertz CT molecular complexity index is 1320. The molecule has 1 N–H and O–H groups in total. The molecule has 202 valence electrons. The molecule has 0 radical (unpaired) electrons. The molecule has 3 aromatic rings. The number of anilines is 1. The van der Waals surface area contributed by atoms with Crippen LogP contribution in [0.5, 0.6) is 0 Å². The molecule has 0 bridgehead atoms. The highest BCUT2D eigenvalue weighted by Gasteiger charge is 2.33. The number of sulfonamides is 1. The molecule has 0 spiro atoms. The van der Waals surface area contributed by atoms with Crippen molar-refractivity contribution in [2.75, 3.05) is 10.8 Å². The predicted octanol–water partition coefficient (Wildman–Crippen LogP) is 4.78. The van der Waals surface area contributed by atoms with E-state index >= 15 is 0 Å². The summed E-state index contributed by atoms with van der Waals surface area (Å²) in [7, 11) is -4.06. The van der Waals surface area contributed by atoms with Gasteiger partial charge in [-0.2, -0.15) is 0 Å². The van der Waals surface area contributed by atoms with E-state index in [0.717, 1.165) is 21.9 Å². The van der Waals surface area contributed by atoms with Crippen LogP contribution in [0.25, 0.3) is 0 Å². The molecule has 0 unspecified atom stereocenters. The van der Waals surface area contributed by atoms with Gasteiger partial charge in [0.25, 0.3) is 10.0 Å². The molecule has 0 fully saturated rings. The minimum atomic E-state index is -4.06. The van der Waals surface area contributed by atoms with Crippen LogP contribution in [0.4, 0.5) is 5.69 Å². The molecule has 3 aromatic carbocycles. The van der Waals surface area contributed by atoms with Crippen molar-refractivity contribution in [2.24, 2.45) is 0 Å². The highest BCUT2D eigenvalue weighted by molar-refractivity contribution is 7.92. The molecular formula is C30H37N3O4S. The van der Waals surface area contributed by atoms with Crippen molar-refractivity contribution in [1.82, 2.24) is 10.2 Å². The molecular weight excluding hydrogens is 498 g/mol. The van der Waals surface area contributed by atoms with E-state index in [1.54, 1.807) is 37.3 Å². The van der Waals surface area contributed by atoms with Crippen LogP contribution in [-0.4, -0.2) is 43.3 Å². The van der Waals surface area contributed by atoms with Crippen molar-refractivity contribution >= 4 is 27.5 Å². The fourth-order valence-corrected chi connectivity index (χ4v) is 5.42. The van der Waals surface area contributed by atoms with Gasteiger partial charge in [-0.1, -0.05) is 67.6 Å². The number of carbonyl (C=O) groups excluding carboxylic acids is 2. The highest BCUT2D eigenvalue weighted by atomic mass is 32.2. The van der Waals surface area contributed by atoms with Crippen LogP contribution in [-0.2, 0) is 32.6 Å². The summed E-state index contributed by atoms with van der Waals surface area (Å²) in [6.07, 6.45) is 0.801. The third-order valence-electron chi connectivity index (χ3n) is 6.10. The third-order valence-corrected chi connectivity index (χ3v) is 7.89. The third kappa shape index (κ3) is 7.44. The van der Waals surface area contributed by atoms with Gasteiger partial charge in [0.15, 0.2) is 0 Å². The summed E-state index contributed by atoms with van der Waals surface area (Å²) in [5, 5.41) is 2.93. The van der Waals surface area contributed by atoms with E-state index in [2.05, 4.69) is 5.32 Å². The number of hydrogen-bond donors (Lipinski definition) is 1. The van der Waals surface area contributed by atoms with Gasteiger partial charge in [-0.15, -0.1) is 0 Å². The van der Waals surface area contributed by atoms with E-state index in [-0.39, 0.29) is 17.3 Å². The Morgan fingerprint density at radius 1 is 0.842 bits per heavy atom. The SMILES string of the molecule is CCc1ccc(N(CC(=O)N(Cc2ccccc2)[C@H](C)C(=O)NC(C)(C)C)S(=O)(=O)c2ccccc2)cc1. The molecule has 3 rings (SSSR count). The Kier molecular flexibility index (Phi) is 9.33. The molecule has 38 heavy (non-hydrogen) atoms. The Labute approximate surface area is 226 Å². The molecule has 0 saturated heterocycles. The van der Waals surface area contributed by atoms with Crippen molar-refractivity contribution < 1.29 is 18.0 Å². The first-order chi connectivity index (χ1) is 17.9. The van der Waals surface area contributed by atoms with Crippen LogP contribution < -0.4 is 9.62 Å². The second-order valence-electron chi connectivity index (χ2n) is 10.3. The summed E-state index contributed by atoms with van der Waals surface area (Å²) in [5.41, 5.74) is 1.78. The topological polar surface area (TPSA) is 86.8 Å². The summed E-state index contributed by atoms with van der Waals surface area (Å²) < 4.78 is 28.7. The zero-order chi connectivity index (χ0) is 27.9. The average Bonchev–Trinajstić information content (AvgIpc) is 2.90. The maximum Gasteiger partial charge on any atom is 0.264 e. The molecule has 0 aliphatic rings. The number of nitrogens with zero attached hydrogens (tertiary/aromatic N) is 2. The van der Waals surface area contributed by atoms with Gasteiger partial charge in [0, 0.05) is 12.1 Å². The number of benzene rings is 3. The highest BCUT2D eigenvalue weighted by Crippen LogP contribution is 2.25. The molecule has 8 heteroatoms. The second kappa shape index (κ2) is 12.3. The van der Waals surface area contributed by atoms with Crippen LogP contribution in [0.15, 0.2) is 89.8 Å². The first-order valence-corrected chi connectivity index (χ1v) is 14.2. The lowest BCUT2D eigenvalue weighted by atomic mass is 10.1. The lowest BCUT2D eigenvalue weighted by Crippen LogP contribution is -2.54. The Balaban J connectivity index is 2.01. The maximum atomic E-state index is 13.9. The lowest BCUT2D eigenvalue weighted by molar-refractivity contribution is -0.140. The number of carbonyl (C=O) groups is 2. The average molecular weight is 536 g/mol. The summed E-state index contributed by atoms with van der Waals surface area (Å²) in [4.78, 5) is 28.5. The Morgan fingerprint density at radius 3 is 1.92 bits per heavy atom. The molecule has 1 atom stereocenters. The van der Waals surface area contributed by atoms with Gasteiger partial charge >= 0.3 is 0 Å². The van der Waals surface area contributed by atoms with Crippen LogP contribution in [0, 0.1) is 0 Å². The van der Waals surface area contributed by atoms with E-state index in [1.165, 1.54) is 17.0 Å². The van der Waals surface area contributed by atoms with E-state index in [1.807, 2.05) is 70.2 Å². The first kappa shape index (κ1) is 28.9. The Hall–Kier alpha value is -3.65. The minimum Gasteiger partial charge on any atom is -0.350 e. The molecule has 7 nitrogen and oxygen atoms in total. The smallest absolute Gasteiger partial charge is 0.264 e. The van der Waals surface area contributed by atoms with Gasteiger partial charge in [-0.05, 0) is 69.5 Å². The summed E-state index contributed by atoms with van der Waals surface area (Å²) in [5.74, 6) is -0.795. The van der Waals surface area contributed by atoms with Crippen molar-refractivity contribution in [3.05, 3.63) is 96.1 Å². The molecule has 0 saturated carbocycles. The lowest BCUT2D eigenvalue weighted by Gasteiger charge is -2.33. The number of amides is 2. The van der Waals surface area contributed by atoms with Gasteiger partial charge in [0.05, 0.1) is 10.6 Å². The number of rotatable bonds is 10. The van der Waals surface area contributed by atoms with Gasteiger partial charge in [0.1, 0.15) is 12.6 Å². The summed E-state index contributed by atoms with van der Waals surface area (Å²) >= 11 is 0. The minimum absolute atomic E-state index is 0.0838. The molecule has 0 aliphatic heterocycles. The van der Waals surface area contributed by atoms with E-state index in [4.69, 9.17) is 0 Å². The second-order valence-corrected chi connectivity index (χ2v) is 12.1. The van der Waals surface area contributed by atoms with E-state index in [0.29, 0.717) is 5.69 Å². The van der Waals surface area contributed by atoms with Gasteiger partial charge < -0.3 is 10.2 Å². The van der Waals surface area contributed by atoms with Crippen LogP contribution in [0.1, 0.15) is 45.7 Å². The first-order valence-electron chi connectivity index (χ1n) is 12.7. The normalized spacial score (nSPS) is 12.4. The number of aryl methyl sites for hydroxylation is 1. The van der Waals surface area contributed by atoms with Gasteiger partial charge in [-0.3, -0.25) is 13.9 Å². The molecule has 0 heterocycles. The van der Waals surface area contributed by atoms with Crippen molar-refractivity contribution in [2.45, 2.75) is 64.1 Å². The Morgan fingerprint density at radius 2 is 1.39 bits per heavy atom. The van der Waals surface area contributed by atoms with Crippen LogP contribution in [0.2, 0.25) is 0 Å². The standard InChI is InChI=1S/C30H37N3O4S/c1-6-24-17-19-26(20-18-24)33(38(36,37)27-15-11-8-12-16-27)22-28(34)32(21-25-13-9-7-10-14-25)23(2)29(35)31-30(3,4)5/h7-20,23H,6,21-22H2,1-5H3,(H,31,35)/t23-/m1/s1. The van der Waals surface area contributed by atoms with Crippen LogP contribution >= 0.6 is 0 Å². The molecule has 2 amide bonds. The largest absolute Gasteiger partial charge is 0.350 e. The summed E-state index contributed by atoms with van der Waals surface area (Å²) in [6.45, 7) is 8.99. The molecule has 0 aromatic heterocycles. The monoisotopic (exact) mass is 535 g/mol. The number of hydrogen-bond acceptors (Lipinski definition) is 4. The summed E-state index contributed by atoms with van der Waals surface area (Å²) in [6, 6.07) is 23.7. The predicted molar refractivity (Wildman–Crippen MR) is 151 cm³/mol. The van der Waals surface area contributed by atoms with Crippen molar-refractivity contribution in [3.63, 3.8) is 0 Å². The van der Waals surface area contributed by atoms with E-state index in [9.17, 15) is 18.0 Å². The fourth-order valence-electron chi connectivity index (χ4n) is 3.98. The molecule has 0 aliphatic carbocycles. The zero-order valence-electron chi connectivity index (χ0n) is 22.7. The van der Waals surface area contributed by atoms with Crippen molar-refractivity contribution in [3.8, 4) is 0 Å². The van der Waals surface area contributed by atoms with Gasteiger partial charge in [0.2, 0.25) is 11.8 Å². The van der Waals surface area contributed by atoms with Crippen molar-refractivity contribution in [1.29, 1.82) is 0 Å². The van der Waals surface area contributed by atoms with Crippen LogP contribution in [0.3, 0.4) is 0 Å². The number of nitrogens with one attached hydrogen (secondary N) is 1. The quantitative estimate of drug-likeness (QED) is 0.405. The van der Waals surface area contributed by atoms with E-state index < -0.39 is 34.1 Å². The maximum absolute atomic E-state index is 13.9. The fraction of sp³-hybridized carbons (Fsp3) is 0.333. The zero-order valence-corrected chi connectivity index (χ0v) is 23.5. The van der Waals surface area contributed by atoms with Gasteiger partial charge in [-0.25, -0.2) is 8.42 Å².